The van der Waals surface area contributed by atoms with Gasteiger partial charge in [0.1, 0.15) is 5.69 Å². The van der Waals surface area contributed by atoms with E-state index < -0.39 is 0 Å². The highest BCUT2D eigenvalue weighted by Crippen LogP contribution is 2.40. The van der Waals surface area contributed by atoms with Gasteiger partial charge in [0.05, 0.1) is 85.4 Å². The van der Waals surface area contributed by atoms with E-state index in [2.05, 4.69) is 53.2 Å². The Morgan fingerprint density at radius 2 is 0.836 bits per heavy atom. The summed E-state index contributed by atoms with van der Waals surface area (Å²) in [7, 11) is 0. The van der Waals surface area contributed by atoms with Crippen molar-refractivity contribution in [2.75, 3.05) is 72.6 Å². The number of benzene rings is 1. The first-order valence-electron chi connectivity index (χ1n) is 27.5. The molecule has 0 aliphatic carbocycles. The third-order valence-corrected chi connectivity index (χ3v) is 12.0. The molecule has 1 heterocycles. The largest absolute Gasteiger partial charge is 0.490 e. The molecular formula is C54H98N6O7. The minimum absolute atomic E-state index is 0.324. The zero-order valence-corrected chi connectivity index (χ0v) is 43.2. The number of rotatable bonds is 52. The molecule has 0 aliphatic heterocycles. The Labute approximate surface area is 408 Å². The van der Waals surface area contributed by atoms with Gasteiger partial charge in [-0.2, -0.15) is 0 Å². The highest BCUT2D eigenvalue weighted by Gasteiger charge is 2.17. The van der Waals surface area contributed by atoms with Gasteiger partial charge in [0, 0.05) is 11.5 Å². The molecule has 1 aromatic carbocycles. The van der Waals surface area contributed by atoms with E-state index in [0.29, 0.717) is 85.8 Å². The van der Waals surface area contributed by atoms with Crippen LogP contribution < -0.4 is 14.2 Å². The molecule has 0 fully saturated rings. The van der Waals surface area contributed by atoms with Crippen molar-refractivity contribution in [3.05, 3.63) is 40.0 Å². The van der Waals surface area contributed by atoms with E-state index in [0.717, 1.165) is 47.8 Å². The van der Waals surface area contributed by atoms with Crippen molar-refractivity contribution in [3.63, 3.8) is 0 Å². The summed E-state index contributed by atoms with van der Waals surface area (Å²) in [5, 5.41) is 12.3. The van der Waals surface area contributed by atoms with E-state index in [4.69, 9.17) is 38.7 Å². The maximum absolute atomic E-state index is 8.29. The number of hydrogen-bond acceptors (Lipinski definition) is 10. The predicted molar refractivity (Wildman–Crippen MR) is 274 cm³/mol. The minimum atomic E-state index is 0.324. The van der Waals surface area contributed by atoms with Crippen LogP contribution in [0.1, 0.15) is 225 Å². The van der Waals surface area contributed by atoms with Gasteiger partial charge in [-0.1, -0.05) is 204 Å². The van der Waals surface area contributed by atoms with E-state index in [1.807, 2.05) is 10.9 Å². The molecule has 67 heavy (non-hydrogen) atoms. The average Bonchev–Trinajstić information content (AvgIpc) is 3.78. The van der Waals surface area contributed by atoms with Crippen molar-refractivity contribution in [3.8, 4) is 17.2 Å². The Morgan fingerprint density at radius 3 is 1.25 bits per heavy atom. The summed E-state index contributed by atoms with van der Waals surface area (Å²) < 4.78 is 44.0. The van der Waals surface area contributed by atoms with Crippen molar-refractivity contribution < 1.29 is 33.2 Å². The maximum atomic E-state index is 8.29. The van der Waals surface area contributed by atoms with Crippen molar-refractivity contribution >= 4 is 0 Å². The average molecular weight is 943 g/mol. The van der Waals surface area contributed by atoms with Gasteiger partial charge < -0.3 is 33.2 Å². The number of unbranched alkanes of at least 4 members (excludes halogenated alkanes) is 27. The standard InChI is InChI=1S/C54H98N6O7/c1-4-7-10-13-16-19-22-25-28-31-35-65-52-45-50(47-60-48-51(57-59-60)49-64-44-43-63-42-41-62-40-39-61-38-34-56-58-55)46-53(66-36-32-29-26-23-20-17-14-11-8-5-2)54(52)67-37-33-30-27-24-21-18-15-12-9-6-3/h45-46,48H,4-44,47,49H2,1-3H3. The SMILES string of the molecule is CCCCCCCCCCCCOc1cc(Cn2cc(COCCOCCOCCOCCN=[N+]=[N-])nn2)cc(OCCCCCCCCCCCC)c1OCCCCCCCCCCCC. The van der Waals surface area contributed by atoms with Crippen LogP contribution in [0.3, 0.4) is 0 Å². The van der Waals surface area contributed by atoms with Gasteiger partial charge >= 0.3 is 0 Å². The van der Waals surface area contributed by atoms with E-state index in [9.17, 15) is 0 Å². The Morgan fingerprint density at radius 1 is 0.463 bits per heavy atom. The minimum Gasteiger partial charge on any atom is -0.490 e. The van der Waals surface area contributed by atoms with Gasteiger partial charge in [-0.3, -0.25) is 0 Å². The van der Waals surface area contributed by atoms with Crippen LogP contribution in [0.15, 0.2) is 23.4 Å². The summed E-state index contributed by atoms with van der Waals surface area (Å²) in [5.74, 6) is 2.28. The number of nitrogens with zero attached hydrogens (tertiary/aromatic N) is 6. The fourth-order valence-corrected chi connectivity index (χ4v) is 8.04. The molecule has 0 saturated carbocycles. The molecule has 13 heteroatoms. The second-order valence-electron chi connectivity index (χ2n) is 18.3. The smallest absolute Gasteiger partial charge is 0.203 e. The van der Waals surface area contributed by atoms with Gasteiger partial charge in [0.2, 0.25) is 5.75 Å². The maximum Gasteiger partial charge on any atom is 0.203 e. The monoisotopic (exact) mass is 943 g/mol. The fourth-order valence-electron chi connectivity index (χ4n) is 8.04. The lowest BCUT2D eigenvalue weighted by molar-refractivity contribution is -0.00369. The summed E-state index contributed by atoms with van der Waals surface area (Å²) in [6, 6.07) is 4.24. The summed E-state index contributed by atoms with van der Waals surface area (Å²) in [4.78, 5) is 2.70. The molecule has 0 unspecified atom stereocenters. The van der Waals surface area contributed by atoms with Crippen LogP contribution in [0, 0.1) is 0 Å². The van der Waals surface area contributed by atoms with E-state index in [1.165, 1.54) is 173 Å². The van der Waals surface area contributed by atoms with Gasteiger partial charge in [-0.25, -0.2) is 4.68 Å². The van der Waals surface area contributed by atoms with Crippen LogP contribution in [-0.2, 0) is 32.1 Å². The first-order valence-corrected chi connectivity index (χ1v) is 27.5. The van der Waals surface area contributed by atoms with Gasteiger partial charge in [-0.15, -0.1) is 5.10 Å². The van der Waals surface area contributed by atoms with Crippen molar-refractivity contribution in [1.29, 1.82) is 0 Å². The molecule has 13 nitrogen and oxygen atoms in total. The van der Waals surface area contributed by atoms with Crippen LogP contribution in [0.2, 0.25) is 0 Å². The van der Waals surface area contributed by atoms with Gasteiger partial charge in [0.25, 0.3) is 0 Å². The second kappa shape index (κ2) is 46.6. The first kappa shape index (κ1) is 60.0. The third kappa shape index (κ3) is 35.7. The van der Waals surface area contributed by atoms with Gasteiger partial charge in [0.15, 0.2) is 11.5 Å². The Bertz CT molecular complexity index is 1380. The van der Waals surface area contributed by atoms with E-state index in [-0.39, 0.29) is 0 Å². The summed E-state index contributed by atoms with van der Waals surface area (Å²) in [6.07, 6.45) is 40.6. The quantitative estimate of drug-likeness (QED) is 0.0274. The van der Waals surface area contributed by atoms with Crippen LogP contribution in [0.5, 0.6) is 17.2 Å². The lowest BCUT2D eigenvalue weighted by Gasteiger charge is -2.19. The molecule has 0 spiro atoms. The third-order valence-electron chi connectivity index (χ3n) is 12.0. The molecule has 2 rings (SSSR count). The normalized spacial score (nSPS) is 11.3. The lowest BCUT2D eigenvalue weighted by atomic mass is 10.1. The molecule has 0 saturated heterocycles. The van der Waals surface area contributed by atoms with Crippen LogP contribution in [-0.4, -0.2) is 87.6 Å². The van der Waals surface area contributed by atoms with Crippen molar-refractivity contribution in [2.45, 2.75) is 227 Å². The number of azide groups is 1. The molecule has 0 radical (unpaired) electrons. The molecule has 0 aliphatic rings. The Hall–Kier alpha value is -3.09. The summed E-state index contributed by atoms with van der Waals surface area (Å²) in [6.45, 7) is 13.2. The molecule has 0 bridgehead atoms. The molecule has 0 amide bonds. The summed E-state index contributed by atoms with van der Waals surface area (Å²) >= 11 is 0. The highest BCUT2D eigenvalue weighted by atomic mass is 16.6. The predicted octanol–water partition coefficient (Wildman–Crippen LogP) is 15.1. The second-order valence-corrected chi connectivity index (χ2v) is 18.3. The van der Waals surface area contributed by atoms with Crippen LogP contribution in [0.4, 0.5) is 0 Å². The highest BCUT2D eigenvalue weighted by molar-refractivity contribution is 5.54. The molecule has 1 aromatic heterocycles. The number of hydrogen-bond donors (Lipinski definition) is 0. The molecule has 0 N–H and O–H groups in total. The van der Waals surface area contributed by atoms with Crippen molar-refractivity contribution in [1.82, 2.24) is 15.0 Å². The Kier molecular flexibility index (Phi) is 41.8. The zero-order valence-electron chi connectivity index (χ0n) is 43.2. The number of aromatic nitrogens is 3. The van der Waals surface area contributed by atoms with Crippen LogP contribution >= 0.6 is 0 Å². The van der Waals surface area contributed by atoms with E-state index >= 15 is 0 Å². The topological polar surface area (TPSA) is 144 Å². The molecule has 0 atom stereocenters. The lowest BCUT2D eigenvalue weighted by Crippen LogP contribution is -2.12. The number of ether oxygens (including phenoxy) is 7. The van der Waals surface area contributed by atoms with Gasteiger partial charge in [-0.05, 0) is 42.5 Å². The summed E-state index contributed by atoms with van der Waals surface area (Å²) in [5.41, 5.74) is 10.1. The van der Waals surface area contributed by atoms with Crippen molar-refractivity contribution in [2.24, 2.45) is 5.11 Å². The zero-order chi connectivity index (χ0) is 47.8. The Balaban J connectivity index is 2.00. The van der Waals surface area contributed by atoms with E-state index in [1.54, 1.807) is 0 Å². The fraction of sp³-hybridized carbons (Fsp3) is 0.852. The molecular weight excluding hydrogens is 845 g/mol. The van der Waals surface area contributed by atoms with Crippen LogP contribution in [0.25, 0.3) is 10.4 Å². The molecule has 2 aromatic rings. The molecule has 386 valence electrons. The first-order chi connectivity index (χ1) is 33.2.